The van der Waals surface area contributed by atoms with Gasteiger partial charge in [-0.2, -0.15) is 0 Å². The summed E-state index contributed by atoms with van der Waals surface area (Å²) < 4.78 is 6.14. The van der Waals surface area contributed by atoms with Gasteiger partial charge in [0.2, 0.25) is 0 Å². The van der Waals surface area contributed by atoms with Gasteiger partial charge in [-0.1, -0.05) is 19.1 Å². The SMILES string of the molecule is Cc1cccc(OC2CCCC2)c1C(C)CC=O. The number of benzene rings is 1. The van der Waals surface area contributed by atoms with Gasteiger partial charge in [0.25, 0.3) is 0 Å². The van der Waals surface area contributed by atoms with E-state index in [9.17, 15) is 4.79 Å². The average molecular weight is 246 g/mol. The molecule has 1 aromatic carbocycles. The molecule has 2 nitrogen and oxygen atoms in total. The standard InChI is InChI=1S/C16H22O2/c1-12-6-5-9-15(16(12)13(2)10-11-17)18-14-7-3-4-8-14/h5-6,9,11,13-14H,3-4,7-8,10H2,1-2H3. The highest BCUT2D eigenvalue weighted by Crippen LogP contribution is 2.34. The minimum atomic E-state index is 0.236. The molecule has 0 radical (unpaired) electrons. The zero-order valence-electron chi connectivity index (χ0n) is 11.3. The predicted octanol–water partition coefficient (Wildman–Crippen LogP) is 4.01. The topological polar surface area (TPSA) is 26.3 Å². The highest BCUT2D eigenvalue weighted by molar-refractivity contribution is 5.53. The Bertz CT molecular complexity index is 406. The maximum Gasteiger partial charge on any atom is 0.123 e. The Kier molecular flexibility index (Phi) is 4.40. The lowest BCUT2D eigenvalue weighted by Gasteiger charge is -2.21. The quantitative estimate of drug-likeness (QED) is 0.734. The van der Waals surface area contributed by atoms with E-state index in [0.29, 0.717) is 12.5 Å². The van der Waals surface area contributed by atoms with Crippen molar-refractivity contribution in [2.45, 2.75) is 58.0 Å². The molecule has 18 heavy (non-hydrogen) atoms. The second-order valence-electron chi connectivity index (χ2n) is 5.31. The molecule has 0 aromatic heterocycles. The lowest BCUT2D eigenvalue weighted by atomic mass is 9.93. The minimum Gasteiger partial charge on any atom is -0.490 e. The van der Waals surface area contributed by atoms with Crippen molar-refractivity contribution in [3.05, 3.63) is 29.3 Å². The maximum absolute atomic E-state index is 10.7. The fourth-order valence-electron chi connectivity index (χ4n) is 2.84. The first kappa shape index (κ1) is 13.1. The molecule has 1 aromatic rings. The first-order valence-corrected chi connectivity index (χ1v) is 6.92. The van der Waals surface area contributed by atoms with E-state index < -0.39 is 0 Å². The molecule has 0 amide bonds. The maximum atomic E-state index is 10.7. The molecule has 1 aliphatic carbocycles. The van der Waals surface area contributed by atoms with Crippen molar-refractivity contribution in [1.82, 2.24) is 0 Å². The summed E-state index contributed by atoms with van der Waals surface area (Å²) in [5, 5.41) is 0. The lowest BCUT2D eigenvalue weighted by Crippen LogP contribution is -2.13. The molecule has 0 N–H and O–H groups in total. The Morgan fingerprint density at radius 2 is 2.11 bits per heavy atom. The van der Waals surface area contributed by atoms with Crippen LogP contribution in [0.1, 0.15) is 56.1 Å². The van der Waals surface area contributed by atoms with Gasteiger partial charge in [0, 0.05) is 12.0 Å². The van der Waals surface area contributed by atoms with Gasteiger partial charge < -0.3 is 9.53 Å². The van der Waals surface area contributed by atoms with Gasteiger partial charge in [0.1, 0.15) is 12.0 Å². The van der Waals surface area contributed by atoms with Gasteiger partial charge in [-0.15, -0.1) is 0 Å². The van der Waals surface area contributed by atoms with E-state index in [2.05, 4.69) is 19.9 Å². The van der Waals surface area contributed by atoms with Gasteiger partial charge in [-0.05, 0) is 50.2 Å². The van der Waals surface area contributed by atoms with Crippen molar-refractivity contribution in [1.29, 1.82) is 0 Å². The van der Waals surface area contributed by atoms with Crippen LogP contribution >= 0.6 is 0 Å². The number of hydrogen-bond acceptors (Lipinski definition) is 2. The smallest absolute Gasteiger partial charge is 0.123 e. The van der Waals surface area contributed by atoms with Gasteiger partial charge in [0.15, 0.2) is 0 Å². The normalized spacial score (nSPS) is 17.7. The number of ether oxygens (including phenoxy) is 1. The summed E-state index contributed by atoms with van der Waals surface area (Å²) in [5.41, 5.74) is 2.43. The first-order valence-electron chi connectivity index (χ1n) is 6.92. The average Bonchev–Trinajstić information content (AvgIpc) is 2.82. The van der Waals surface area contributed by atoms with Crippen molar-refractivity contribution < 1.29 is 9.53 Å². The summed E-state index contributed by atoms with van der Waals surface area (Å²) >= 11 is 0. The minimum absolute atomic E-state index is 0.236. The highest BCUT2D eigenvalue weighted by Gasteiger charge is 2.20. The molecule has 2 rings (SSSR count). The van der Waals surface area contributed by atoms with E-state index >= 15 is 0 Å². The van der Waals surface area contributed by atoms with Crippen LogP contribution in [-0.4, -0.2) is 12.4 Å². The van der Waals surface area contributed by atoms with Crippen LogP contribution in [-0.2, 0) is 4.79 Å². The molecule has 1 fully saturated rings. The molecule has 0 saturated heterocycles. The Hall–Kier alpha value is -1.31. The van der Waals surface area contributed by atoms with Crippen molar-refractivity contribution in [2.24, 2.45) is 0 Å². The summed E-state index contributed by atoms with van der Waals surface area (Å²) in [5.74, 6) is 1.22. The molecule has 0 spiro atoms. The summed E-state index contributed by atoms with van der Waals surface area (Å²) in [4.78, 5) is 10.7. The monoisotopic (exact) mass is 246 g/mol. The summed E-state index contributed by atoms with van der Waals surface area (Å²) in [6.07, 6.45) is 6.80. The third kappa shape index (κ3) is 2.92. The molecule has 1 aliphatic rings. The van der Waals surface area contributed by atoms with Gasteiger partial charge in [-0.3, -0.25) is 0 Å². The third-order valence-electron chi connectivity index (χ3n) is 3.82. The van der Waals surface area contributed by atoms with Crippen molar-refractivity contribution in [3.8, 4) is 5.75 Å². The summed E-state index contributed by atoms with van der Waals surface area (Å²) in [7, 11) is 0. The summed E-state index contributed by atoms with van der Waals surface area (Å²) in [6.45, 7) is 4.19. The Morgan fingerprint density at radius 3 is 2.78 bits per heavy atom. The molecule has 2 heteroatoms. The molecule has 0 aliphatic heterocycles. The Balaban J connectivity index is 2.21. The number of aldehydes is 1. The van der Waals surface area contributed by atoms with Crippen LogP contribution in [0.15, 0.2) is 18.2 Å². The van der Waals surface area contributed by atoms with Crippen LogP contribution in [0.25, 0.3) is 0 Å². The predicted molar refractivity (Wildman–Crippen MR) is 73.2 cm³/mol. The van der Waals surface area contributed by atoms with E-state index in [1.165, 1.54) is 24.0 Å². The van der Waals surface area contributed by atoms with Crippen molar-refractivity contribution >= 4 is 6.29 Å². The van der Waals surface area contributed by atoms with E-state index in [1.807, 2.05) is 12.1 Å². The zero-order valence-corrected chi connectivity index (χ0v) is 11.3. The molecule has 1 unspecified atom stereocenters. The zero-order chi connectivity index (χ0) is 13.0. The number of rotatable bonds is 5. The van der Waals surface area contributed by atoms with Crippen LogP contribution < -0.4 is 4.74 Å². The number of carbonyl (C=O) groups excluding carboxylic acids is 1. The van der Waals surface area contributed by atoms with E-state index in [-0.39, 0.29) is 5.92 Å². The molecule has 1 saturated carbocycles. The van der Waals surface area contributed by atoms with Crippen LogP contribution in [0.5, 0.6) is 5.75 Å². The van der Waals surface area contributed by atoms with Crippen molar-refractivity contribution in [2.75, 3.05) is 0 Å². The number of carbonyl (C=O) groups is 1. The van der Waals surface area contributed by atoms with Crippen LogP contribution in [0, 0.1) is 6.92 Å². The van der Waals surface area contributed by atoms with E-state index in [1.54, 1.807) is 0 Å². The van der Waals surface area contributed by atoms with Gasteiger partial charge in [-0.25, -0.2) is 0 Å². The van der Waals surface area contributed by atoms with Crippen molar-refractivity contribution in [3.63, 3.8) is 0 Å². The molecular weight excluding hydrogens is 224 g/mol. The van der Waals surface area contributed by atoms with Crippen LogP contribution in [0.4, 0.5) is 0 Å². The highest BCUT2D eigenvalue weighted by atomic mass is 16.5. The molecule has 1 atom stereocenters. The van der Waals surface area contributed by atoms with Crippen LogP contribution in [0.2, 0.25) is 0 Å². The lowest BCUT2D eigenvalue weighted by molar-refractivity contribution is -0.108. The fraction of sp³-hybridized carbons (Fsp3) is 0.562. The molecular formula is C16H22O2. The molecule has 0 bridgehead atoms. The fourth-order valence-corrected chi connectivity index (χ4v) is 2.84. The Labute approximate surface area is 109 Å². The largest absolute Gasteiger partial charge is 0.490 e. The Morgan fingerprint density at radius 1 is 1.39 bits per heavy atom. The molecule has 98 valence electrons. The van der Waals surface area contributed by atoms with E-state index in [4.69, 9.17) is 4.74 Å². The summed E-state index contributed by atoms with van der Waals surface area (Å²) in [6, 6.07) is 6.18. The second kappa shape index (κ2) is 6.03. The molecule has 0 heterocycles. The van der Waals surface area contributed by atoms with Gasteiger partial charge >= 0.3 is 0 Å². The second-order valence-corrected chi connectivity index (χ2v) is 5.31. The van der Waals surface area contributed by atoms with Crippen LogP contribution in [0.3, 0.4) is 0 Å². The number of aryl methyl sites for hydroxylation is 1. The van der Waals surface area contributed by atoms with Gasteiger partial charge in [0.05, 0.1) is 6.10 Å². The van der Waals surface area contributed by atoms with E-state index in [0.717, 1.165) is 24.9 Å². The number of hydrogen-bond donors (Lipinski definition) is 0. The first-order chi connectivity index (χ1) is 8.72. The third-order valence-corrected chi connectivity index (χ3v) is 3.82.